The zero-order chi connectivity index (χ0) is 11.7. The van der Waals surface area contributed by atoms with Gasteiger partial charge < -0.3 is 9.88 Å². The summed E-state index contributed by atoms with van der Waals surface area (Å²) in [5.41, 5.74) is 2.21. The third-order valence-electron chi connectivity index (χ3n) is 3.69. The van der Waals surface area contributed by atoms with Gasteiger partial charge in [-0.05, 0) is 37.3 Å². The number of H-pyrrole nitrogens is 1. The van der Waals surface area contributed by atoms with E-state index in [1.165, 1.54) is 19.3 Å². The molecule has 1 N–H and O–H groups in total. The quantitative estimate of drug-likeness (QED) is 0.814. The Morgan fingerprint density at radius 1 is 1.24 bits per heavy atom. The zero-order valence-electron chi connectivity index (χ0n) is 10.3. The van der Waals surface area contributed by atoms with E-state index >= 15 is 0 Å². The lowest BCUT2D eigenvalue weighted by atomic mass is 10.0. The van der Waals surface area contributed by atoms with Gasteiger partial charge in [-0.15, -0.1) is 0 Å². The standard InChI is InChI=1S/C14H19N3/c1-11-5-4-9-17(10-8-11)14-15-12-6-2-3-7-13(12)16-14/h2-3,6-7,11H,4-5,8-10H2,1H3,(H,15,16). The van der Waals surface area contributed by atoms with Gasteiger partial charge >= 0.3 is 0 Å². The Balaban J connectivity index is 1.87. The molecule has 1 aromatic heterocycles. The fourth-order valence-corrected chi connectivity index (χ4v) is 2.56. The predicted octanol–water partition coefficient (Wildman–Crippen LogP) is 3.19. The molecular formula is C14H19N3. The van der Waals surface area contributed by atoms with Gasteiger partial charge in [0.05, 0.1) is 11.0 Å². The predicted molar refractivity (Wildman–Crippen MR) is 71.3 cm³/mol. The fourth-order valence-electron chi connectivity index (χ4n) is 2.56. The van der Waals surface area contributed by atoms with E-state index in [4.69, 9.17) is 0 Å². The third kappa shape index (κ3) is 2.14. The number of imidazole rings is 1. The number of benzene rings is 1. The maximum atomic E-state index is 4.67. The van der Waals surface area contributed by atoms with Crippen LogP contribution < -0.4 is 4.90 Å². The lowest BCUT2D eigenvalue weighted by Gasteiger charge is -2.18. The number of para-hydroxylation sites is 2. The number of nitrogens with zero attached hydrogens (tertiary/aromatic N) is 2. The van der Waals surface area contributed by atoms with Crippen LogP contribution in [0.5, 0.6) is 0 Å². The summed E-state index contributed by atoms with van der Waals surface area (Å²) in [6, 6.07) is 8.24. The molecule has 3 heteroatoms. The first-order chi connectivity index (χ1) is 8.33. The van der Waals surface area contributed by atoms with E-state index in [2.05, 4.69) is 40.0 Å². The Bertz CT molecular complexity index is 470. The number of hydrogen-bond acceptors (Lipinski definition) is 2. The van der Waals surface area contributed by atoms with Crippen molar-refractivity contribution in [2.45, 2.75) is 26.2 Å². The van der Waals surface area contributed by atoms with Gasteiger partial charge in [-0.1, -0.05) is 19.1 Å². The Hall–Kier alpha value is -1.51. The fraction of sp³-hybridized carbons (Fsp3) is 0.500. The van der Waals surface area contributed by atoms with Crippen LogP contribution in [0.25, 0.3) is 11.0 Å². The van der Waals surface area contributed by atoms with Crippen molar-refractivity contribution in [3.8, 4) is 0 Å². The molecule has 1 saturated heterocycles. The molecule has 1 aliphatic heterocycles. The number of aromatic amines is 1. The smallest absolute Gasteiger partial charge is 0.203 e. The number of fused-ring (bicyclic) bond motifs is 1. The number of aromatic nitrogens is 2. The highest BCUT2D eigenvalue weighted by molar-refractivity contribution is 5.77. The second-order valence-corrected chi connectivity index (χ2v) is 5.10. The molecule has 3 nitrogen and oxygen atoms in total. The molecule has 1 fully saturated rings. The second-order valence-electron chi connectivity index (χ2n) is 5.10. The van der Waals surface area contributed by atoms with Crippen LogP contribution in [0, 0.1) is 5.92 Å². The molecule has 3 rings (SSSR count). The SMILES string of the molecule is CC1CCCN(c2nc3ccccc3[nH]2)CC1. The first-order valence-corrected chi connectivity index (χ1v) is 6.52. The molecule has 1 aliphatic rings. The van der Waals surface area contributed by atoms with Crippen molar-refractivity contribution in [2.75, 3.05) is 18.0 Å². The number of anilines is 1. The van der Waals surface area contributed by atoms with Crippen LogP contribution in [0.3, 0.4) is 0 Å². The minimum absolute atomic E-state index is 0.851. The summed E-state index contributed by atoms with van der Waals surface area (Å²) in [6.07, 6.45) is 3.89. The number of rotatable bonds is 1. The van der Waals surface area contributed by atoms with E-state index in [-0.39, 0.29) is 0 Å². The third-order valence-corrected chi connectivity index (χ3v) is 3.69. The van der Waals surface area contributed by atoms with E-state index in [1.54, 1.807) is 0 Å². The Morgan fingerprint density at radius 2 is 2.12 bits per heavy atom. The van der Waals surface area contributed by atoms with Crippen molar-refractivity contribution in [2.24, 2.45) is 5.92 Å². The first kappa shape index (κ1) is 10.6. The molecule has 0 bridgehead atoms. The van der Waals surface area contributed by atoms with Crippen molar-refractivity contribution >= 4 is 17.0 Å². The van der Waals surface area contributed by atoms with Crippen LogP contribution >= 0.6 is 0 Å². The van der Waals surface area contributed by atoms with Crippen molar-refractivity contribution in [1.82, 2.24) is 9.97 Å². The Labute approximate surface area is 102 Å². The maximum absolute atomic E-state index is 4.67. The minimum Gasteiger partial charge on any atom is -0.342 e. The van der Waals surface area contributed by atoms with Crippen LogP contribution in [0.15, 0.2) is 24.3 Å². The zero-order valence-corrected chi connectivity index (χ0v) is 10.3. The van der Waals surface area contributed by atoms with E-state index in [0.29, 0.717) is 0 Å². The largest absolute Gasteiger partial charge is 0.342 e. The second kappa shape index (κ2) is 4.40. The number of nitrogens with one attached hydrogen (secondary N) is 1. The van der Waals surface area contributed by atoms with Gasteiger partial charge in [-0.2, -0.15) is 0 Å². The van der Waals surface area contributed by atoms with Crippen LogP contribution in [0.2, 0.25) is 0 Å². The summed E-state index contributed by atoms with van der Waals surface area (Å²) < 4.78 is 0. The molecule has 17 heavy (non-hydrogen) atoms. The molecule has 0 saturated carbocycles. The van der Waals surface area contributed by atoms with Gasteiger partial charge in [0.15, 0.2) is 0 Å². The summed E-state index contributed by atoms with van der Waals surface area (Å²) in [4.78, 5) is 10.5. The summed E-state index contributed by atoms with van der Waals surface area (Å²) >= 11 is 0. The maximum Gasteiger partial charge on any atom is 0.203 e. The highest BCUT2D eigenvalue weighted by atomic mass is 15.3. The number of hydrogen-bond donors (Lipinski definition) is 1. The average Bonchev–Trinajstić information content (AvgIpc) is 2.65. The molecule has 2 aromatic rings. The van der Waals surface area contributed by atoms with E-state index in [1.807, 2.05) is 6.07 Å². The van der Waals surface area contributed by atoms with E-state index < -0.39 is 0 Å². The van der Waals surface area contributed by atoms with Crippen LogP contribution in [0.4, 0.5) is 5.95 Å². The molecule has 2 heterocycles. The topological polar surface area (TPSA) is 31.9 Å². The highest BCUT2D eigenvalue weighted by Crippen LogP contribution is 2.22. The average molecular weight is 229 g/mol. The lowest BCUT2D eigenvalue weighted by Crippen LogP contribution is -2.25. The van der Waals surface area contributed by atoms with Gasteiger partial charge in [-0.25, -0.2) is 4.98 Å². The molecule has 1 atom stereocenters. The summed E-state index contributed by atoms with van der Waals surface area (Å²) in [6.45, 7) is 4.60. The molecule has 0 aliphatic carbocycles. The van der Waals surface area contributed by atoms with Gasteiger partial charge in [0.25, 0.3) is 0 Å². The highest BCUT2D eigenvalue weighted by Gasteiger charge is 2.16. The van der Waals surface area contributed by atoms with E-state index in [0.717, 1.165) is 36.0 Å². The lowest BCUT2D eigenvalue weighted by molar-refractivity contribution is 0.521. The Morgan fingerprint density at radius 3 is 3.00 bits per heavy atom. The van der Waals surface area contributed by atoms with Gasteiger partial charge in [-0.3, -0.25) is 0 Å². The monoisotopic (exact) mass is 229 g/mol. The Kier molecular flexibility index (Phi) is 2.75. The first-order valence-electron chi connectivity index (χ1n) is 6.52. The van der Waals surface area contributed by atoms with Crippen molar-refractivity contribution in [3.05, 3.63) is 24.3 Å². The van der Waals surface area contributed by atoms with Gasteiger partial charge in [0, 0.05) is 13.1 Å². The summed E-state index contributed by atoms with van der Waals surface area (Å²) in [7, 11) is 0. The molecule has 0 spiro atoms. The molecule has 0 amide bonds. The molecular weight excluding hydrogens is 210 g/mol. The van der Waals surface area contributed by atoms with Crippen molar-refractivity contribution in [3.63, 3.8) is 0 Å². The van der Waals surface area contributed by atoms with Gasteiger partial charge in [0.1, 0.15) is 0 Å². The molecule has 1 unspecified atom stereocenters. The van der Waals surface area contributed by atoms with E-state index in [9.17, 15) is 0 Å². The molecule has 90 valence electrons. The van der Waals surface area contributed by atoms with Gasteiger partial charge in [0.2, 0.25) is 5.95 Å². The van der Waals surface area contributed by atoms with Crippen molar-refractivity contribution < 1.29 is 0 Å². The molecule has 1 aromatic carbocycles. The van der Waals surface area contributed by atoms with Crippen LogP contribution in [0.1, 0.15) is 26.2 Å². The summed E-state index contributed by atoms with van der Waals surface area (Å²) in [5, 5.41) is 0. The van der Waals surface area contributed by atoms with Crippen LogP contribution in [-0.4, -0.2) is 23.1 Å². The van der Waals surface area contributed by atoms with Crippen LogP contribution in [-0.2, 0) is 0 Å². The normalized spacial score (nSPS) is 21.7. The van der Waals surface area contributed by atoms with Crippen molar-refractivity contribution in [1.29, 1.82) is 0 Å². The molecule has 0 radical (unpaired) electrons. The summed E-state index contributed by atoms with van der Waals surface area (Å²) in [5.74, 6) is 1.89. The minimum atomic E-state index is 0.851.